The molecule has 6 aromatic carbocycles. The summed E-state index contributed by atoms with van der Waals surface area (Å²) >= 11 is 0. The van der Waals surface area contributed by atoms with Crippen molar-refractivity contribution in [3.63, 3.8) is 0 Å². The zero-order valence-electron chi connectivity index (χ0n) is 22.5. The van der Waals surface area contributed by atoms with Crippen LogP contribution in [-0.2, 0) is 0 Å². The van der Waals surface area contributed by atoms with E-state index in [9.17, 15) is 5.26 Å². The Labute approximate surface area is 242 Å². The van der Waals surface area contributed by atoms with Crippen molar-refractivity contribution in [3.05, 3.63) is 150 Å². The highest BCUT2D eigenvalue weighted by atomic mass is 15.0. The molecule has 4 nitrogen and oxygen atoms in total. The molecular weight excluding hydrogens is 512 g/mol. The molecular formula is C38H22N4. The first kappa shape index (κ1) is 23.8. The number of para-hydroxylation sites is 2. The first-order valence-electron chi connectivity index (χ1n) is 13.8. The van der Waals surface area contributed by atoms with Gasteiger partial charge in [0.15, 0.2) is 5.69 Å². The van der Waals surface area contributed by atoms with Gasteiger partial charge in [-0.2, -0.15) is 5.26 Å². The van der Waals surface area contributed by atoms with Crippen molar-refractivity contribution in [2.24, 2.45) is 0 Å². The second kappa shape index (κ2) is 9.24. The third kappa shape index (κ3) is 3.53. The van der Waals surface area contributed by atoms with Crippen LogP contribution in [0.1, 0.15) is 5.56 Å². The number of hydrogen-bond acceptors (Lipinski definition) is 1. The minimum Gasteiger partial charge on any atom is -0.309 e. The first-order valence-corrected chi connectivity index (χ1v) is 13.8. The Morgan fingerprint density at radius 1 is 0.500 bits per heavy atom. The number of nitrogens with zero attached hydrogens (tertiary/aromatic N) is 4. The van der Waals surface area contributed by atoms with Crippen LogP contribution in [0.5, 0.6) is 0 Å². The summed E-state index contributed by atoms with van der Waals surface area (Å²) in [6, 6.07) is 48.1. The first-order chi connectivity index (χ1) is 20.7. The number of nitriles is 1. The Kier molecular flexibility index (Phi) is 5.22. The van der Waals surface area contributed by atoms with Crippen molar-refractivity contribution in [1.29, 1.82) is 5.26 Å². The molecule has 42 heavy (non-hydrogen) atoms. The van der Waals surface area contributed by atoms with E-state index in [-0.39, 0.29) is 0 Å². The van der Waals surface area contributed by atoms with Gasteiger partial charge in [0.2, 0.25) is 0 Å². The molecule has 0 atom stereocenters. The third-order valence-corrected chi connectivity index (χ3v) is 8.17. The maximum atomic E-state index is 9.45. The van der Waals surface area contributed by atoms with Crippen molar-refractivity contribution < 1.29 is 0 Å². The molecule has 0 saturated heterocycles. The average molecular weight is 535 g/mol. The van der Waals surface area contributed by atoms with E-state index in [1.165, 1.54) is 0 Å². The summed E-state index contributed by atoms with van der Waals surface area (Å²) < 4.78 is 4.53. The highest BCUT2D eigenvalue weighted by Gasteiger charge is 2.14. The maximum Gasteiger partial charge on any atom is 0.188 e. The lowest BCUT2D eigenvalue weighted by Crippen LogP contribution is -1.94. The highest BCUT2D eigenvalue weighted by molar-refractivity contribution is 6.11. The van der Waals surface area contributed by atoms with Gasteiger partial charge in [-0.1, -0.05) is 66.7 Å². The van der Waals surface area contributed by atoms with Gasteiger partial charge in [-0.3, -0.25) is 0 Å². The monoisotopic (exact) mass is 534 g/mol. The van der Waals surface area contributed by atoms with Crippen LogP contribution < -0.4 is 0 Å². The van der Waals surface area contributed by atoms with E-state index in [2.05, 4.69) is 105 Å². The highest BCUT2D eigenvalue weighted by Crippen LogP contribution is 2.36. The number of rotatable bonds is 3. The van der Waals surface area contributed by atoms with Gasteiger partial charge in [0, 0.05) is 27.5 Å². The molecule has 0 spiro atoms. The Hall–Kier alpha value is -6.10. The predicted octanol–water partition coefficient (Wildman–Crippen LogP) is 9.97. The van der Waals surface area contributed by atoms with Crippen molar-refractivity contribution in [3.8, 4) is 28.6 Å². The SMILES string of the molecule is [C-]#[N+]c1ccc2c(c1)c1ccccc1n2-c1ccc(-c2ccc(-n3c4ccccc4c4cc(C#N)ccc43)cc2)cc1. The van der Waals surface area contributed by atoms with Crippen LogP contribution in [0.2, 0.25) is 0 Å². The third-order valence-electron chi connectivity index (χ3n) is 8.17. The van der Waals surface area contributed by atoms with Gasteiger partial charge in [0.05, 0.1) is 40.3 Å². The van der Waals surface area contributed by atoms with Gasteiger partial charge in [0.25, 0.3) is 0 Å². The van der Waals surface area contributed by atoms with Crippen LogP contribution in [0.15, 0.2) is 133 Å². The van der Waals surface area contributed by atoms with Crippen LogP contribution in [0, 0.1) is 17.9 Å². The second-order valence-electron chi connectivity index (χ2n) is 10.5. The number of aromatic nitrogens is 2. The molecule has 194 valence electrons. The largest absolute Gasteiger partial charge is 0.309 e. The summed E-state index contributed by atoms with van der Waals surface area (Å²) in [5, 5.41) is 13.9. The van der Waals surface area contributed by atoms with E-state index >= 15 is 0 Å². The lowest BCUT2D eigenvalue weighted by atomic mass is 10.0. The maximum absolute atomic E-state index is 9.45. The van der Waals surface area contributed by atoms with Crippen LogP contribution in [0.25, 0.3) is 71.0 Å². The molecule has 0 amide bonds. The topological polar surface area (TPSA) is 38.0 Å². The molecule has 2 heterocycles. The van der Waals surface area contributed by atoms with E-state index in [0.29, 0.717) is 11.3 Å². The fourth-order valence-electron chi connectivity index (χ4n) is 6.24. The number of benzene rings is 6. The van der Waals surface area contributed by atoms with Gasteiger partial charge in [0.1, 0.15) is 0 Å². The lowest BCUT2D eigenvalue weighted by molar-refractivity contribution is 1.18. The molecule has 0 radical (unpaired) electrons. The van der Waals surface area contributed by atoms with Crippen LogP contribution in [0.4, 0.5) is 5.69 Å². The zero-order chi connectivity index (χ0) is 28.2. The molecule has 0 N–H and O–H groups in total. The second-order valence-corrected chi connectivity index (χ2v) is 10.5. The molecule has 0 bridgehead atoms. The lowest BCUT2D eigenvalue weighted by Gasteiger charge is -2.11. The number of fused-ring (bicyclic) bond motifs is 6. The van der Waals surface area contributed by atoms with Crippen molar-refractivity contribution in [2.75, 3.05) is 0 Å². The van der Waals surface area contributed by atoms with Gasteiger partial charge in [-0.15, -0.1) is 0 Å². The minimum atomic E-state index is 0.650. The molecule has 8 rings (SSSR count). The minimum absolute atomic E-state index is 0.650. The van der Waals surface area contributed by atoms with Gasteiger partial charge in [-0.05, 0) is 83.2 Å². The molecule has 0 unspecified atom stereocenters. The van der Waals surface area contributed by atoms with Crippen LogP contribution >= 0.6 is 0 Å². The van der Waals surface area contributed by atoms with Gasteiger partial charge < -0.3 is 9.13 Å². The molecule has 0 aliphatic carbocycles. The molecule has 0 aliphatic heterocycles. The molecule has 8 aromatic rings. The summed E-state index contributed by atoms with van der Waals surface area (Å²) in [5.41, 5.74) is 10.2. The molecule has 0 aliphatic rings. The molecule has 4 heteroatoms. The number of hydrogen-bond donors (Lipinski definition) is 0. The molecule has 0 saturated carbocycles. The summed E-state index contributed by atoms with van der Waals surface area (Å²) in [5.74, 6) is 0. The predicted molar refractivity (Wildman–Crippen MR) is 172 cm³/mol. The van der Waals surface area contributed by atoms with E-state index in [1.807, 2.05) is 48.5 Å². The summed E-state index contributed by atoms with van der Waals surface area (Å²) in [6.07, 6.45) is 0. The Morgan fingerprint density at radius 3 is 1.50 bits per heavy atom. The Balaban J connectivity index is 1.19. The Morgan fingerprint density at radius 2 is 0.976 bits per heavy atom. The van der Waals surface area contributed by atoms with Gasteiger partial charge >= 0.3 is 0 Å². The smallest absolute Gasteiger partial charge is 0.188 e. The average Bonchev–Trinajstić information content (AvgIpc) is 3.57. The van der Waals surface area contributed by atoms with Crippen LogP contribution in [-0.4, -0.2) is 9.13 Å². The normalized spacial score (nSPS) is 11.3. The van der Waals surface area contributed by atoms with Gasteiger partial charge in [-0.25, -0.2) is 4.85 Å². The van der Waals surface area contributed by atoms with E-state index in [0.717, 1.165) is 66.1 Å². The Bertz CT molecular complexity index is 2240. The van der Waals surface area contributed by atoms with E-state index in [4.69, 9.17) is 6.57 Å². The van der Waals surface area contributed by atoms with Crippen molar-refractivity contribution in [2.45, 2.75) is 0 Å². The quantitative estimate of drug-likeness (QED) is 0.208. The summed E-state index contributed by atoms with van der Waals surface area (Å²) in [6.45, 7) is 7.45. The van der Waals surface area contributed by atoms with Crippen molar-refractivity contribution >= 4 is 49.3 Å². The summed E-state index contributed by atoms with van der Waals surface area (Å²) in [4.78, 5) is 3.64. The van der Waals surface area contributed by atoms with Crippen LogP contribution in [0.3, 0.4) is 0 Å². The fraction of sp³-hybridized carbons (Fsp3) is 0. The molecule has 0 fully saturated rings. The fourth-order valence-corrected chi connectivity index (χ4v) is 6.24. The summed E-state index contributed by atoms with van der Waals surface area (Å²) in [7, 11) is 0. The molecule has 2 aromatic heterocycles. The van der Waals surface area contributed by atoms with E-state index in [1.54, 1.807) is 0 Å². The standard InChI is InChI=1S/C38H22N4/c1-40-28-15-21-38-34(23-28)32-7-3-5-9-36(32)42(38)30-18-13-27(14-19-30)26-11-16-29(17-12-26)41-35-8-4-2-6-31(35)33-22-25(24-39)10-20-37(33)41/h2-23H. The van der Waals surface area contributed by atoms with Crippen molar-refractivity contribution in [1.82, 2.24) is 9.13 Å². The van der Waals surface area contributed by atoms with E-state index < -0.39 is 0 Å². The zero-order valence-corrected chi connectivity index (χ0v) is 22.5.